The Morgan fingerprint density at radius 2 is 2.25 bits per heavy atom. The van der Waals surface area contributed by atoms with Gasteiger partial charge in [-0.3, -0.25) is 0 Å². The Morgan fingerprint density at radius 1 is 1.50 bits per heavy atom. The second kappa shape index (κ2) is 4.79. The summed E-state index contributed by atoms with van der Waals surface area (Å²) in [5, 5.41) is 18.2. The predicted molar refractivity (Wildman–Crippen MR) is 73.0 cm³/mol. The van der Waals surface area contributed by atoms with Crippen molar-refractivity contribution < 1.29 is 19.4 Å². The lowest BCUT2D eigenvalue weighted by Crippen LogP contribution is -2.37. The van der Waals surface area contributed by atoms with Crippen LogP contribution >= 0.6 is 0 Å². The number of rotatable bonds is 4. The molecule has 1 aromatic carbocycles. The molecule has 0 radical (unpaired) electrons. The second-order valence-corrected chi connectivity index (χ2v) is 5.36. The van der Waals surface area contributed by atoms with E-state index < -0.39 is 5.97 Å². The molecule has 1 aliphatic carbocycles. The molecule has 0 amide bonds. The van der Waals surface area contributed by atoms with E-state index in [2.05, 4.69) is 4.98 Å². The van der Waals surface area contributed by atoms with Crippen molar-refractivity contribution in [3.63, 3.8) is 0 Å². The number of oxazole rings is 1. The Kier molecular flexibility index (Phi) is 3.10. The summed E-state index contributed by atoms with van der Waals surface area (Å²) >= 11 is 0. The fourth-order valence-electron chi connectivity index (χ4n) is 2.52. The van der Waals surface area contributed by atoms with E-state index in [0.29, 0.717) is 23.0 Å². The van der Waals surface area contributed by atoms with Gasteiger partial charge in [0.2, 0.25) is 0 Å². The number of benzene rings is 1. The molecule has 1 aliphatic rings. The molecular weight excluding hydrogens is 260 g/mol. The minimum atomic E-state index is -0.985. The van der Waals surface area contributed by atoms with Gasteiger partial charge in [-0.1, -0.05) is 0 Å². The lowest BCUT2D eigenvalue weighted by Gasteiger charge is -2.33. The van der Waals surface area contributed by atoms with Crippen LogP contribution in [0.3, 0.4) is 0 Å². The zero-order valence-electron chi connectivity index (χ0n) is 11.1. The summed E-state index contributed by atoms with van der Waals surface area (Å²) in [6, 6.07) is 5.12. The number of fused-ring (bicyclic) bond motifs is 1. The fraction of sp³-hybridized carbons (Fsp3) is 0.429. The highest BCUT2D eigenvalue weighted by Crippen LogP contribution is 2.30. The lowest BCUT2D eigenvalue weighted by atomic mass is 9.82. The molecular formula is C14H16N2O4. The maximum atomic E-state index is 10.9. The number of aliphatic hydroxyl groups excluding tert-OH is 1. The van der Waals surface area contributed by atoms with Crippen LogP contribution in [0.15, 0.2) is 22.6 Å². The highest BCUT2D eigenvalue weighted by Gasteiger charge is 2.29. The van der Waals surface area contributed by atoms with Crippen LogP contribution in [0, 0.1) is 5.92 Å². The van der Waals surface area contributed by atoms with Gasteiger partial charge in [0.1, 0.15) is 5.52 Å². The average Bonchev–Trinajstić information content (AvgIpc) is 2.79. The summed E-state index contributed by atoms with van der Waals surface area (Å²) in [5.74, 6) is -0.527. The van der Waals surface area contributed by atoms with Gasteiger partial charge >= 0.3 is 5.97 Å². The maximum Gasteiger partial charge on any atom is 0.335 e. The van der Waals surface area contributed by atoms with Gasteiger partial charge in [0, 0.05) is 13.6 Å². The first-order valence-corrected chi connectivity index (χ1v) is 6.56. The zero-order valence-corrected chi connectivity index (χ0v) is 11.1. The standard InChI is InChI=1S/C14H16N2O4/c1-16(7-8-4-10(17)5-8)14-15-11-3-2-9(13(18)19)6-12(11)20-14/h2-3,6,8,10,17H,4-5,7H2,1H3,(H,18,19). The number of carboxylic acids is 1. The van der Waals surface area contributed by atoms with Gasteiger partial charge < -0.3 is 19.5 Å². The van der Waals surface area contributed by atoms with Crippen LogP contribution in [0.5, 0.6) is 0 Å². The van der Waals surface area contributed by atoms with Crippen molar-refractivity contribution in [1.82, 2.24) is 4.98 Å². The van der Waals surface area contributed by atoms with E-state index in [1.165, 1.54) is 12.1 Å². The number of nitrogens with zero attached hydrogens (tertiary/aromatic N) is 2. The van der Waals surface area contributed by atoms with Crippen molar-refractivity contribution in [2.45, 2.75) is 18.9 Å². The minimum absolute atomic E-state index is 0.171. The average molecular weight is 276 g/mol. The third kappa shape index (κ3) is 2.34. The molecule has 2 N–H and O–H groups in total. The summed E-state index contributed by atoms with van der Waals surface area (Å²) in [5.41, 5.74) is 1.30. The highest BCUT2D eigenvalue weighted by atomic mass is 16.4. The molecule has 2 aromatic rings. The Balaban J connectivity index is 1.79. The van der Waals surface area contributed by atoms with Gasteiger partial charge in [-0.2, -0.15) is 4.98 Å². The molecule has 3 rings (SSSR count). The normalized spacial score (nSPS) is 21.7. The van der Waals surface area contributed by atoms with Gasteiger partial charge in [-0.05, 0) is 37.0 Å². The molecule has 1 saturated carbocycles. The Labute approximate surface area is 115 Å². The molecule has 0 atom stereocenters. The first kappa shape index (κ1) is 12.9. The monoisotopic (exact) mass is 276 g/mol. The molecule has 0 spiro atoms. The van der Waals surface area contributed by atoms with E-state index in [9.17, 15) is 9.90 Å². The molecule has 6 nitrogen and oxygen atoms in total. The van der Waals surface area contributed by atoms with Crippen LogP contribution < -0.4 is 4.90 Å². The van der Waals surface area contributed by atoms with Crippen molar-refractivity contribution in [3.8, 4) is 0 Å². The highest BCUT2D eigenvalue weighted by molar-refractivity contribution is 5.92. The number of hydrogen-bond donors (Lipinski definition) is 2. The lowest BCUT2D eigenvalue weighted by molar-refractivity contribution is 0.0461. The third-order valence-electron chi connectivity index (χ3n) is 3.69. The Bertz CT molecular complexity index is 646. The zero-order chi connectivity index (χ0) is 14.3. The summed E-state index contributed by atoms with van der Waals surface area (Å²) in [6.07, 6.45) is 1.46. The first-order chi connectivity index (χ1) is 9.52. The second-order valence-electron chi connectivity index (χ2n) is 5.36. The maximum absolute atomic E-state index is 10.9. The third-order valence-corrected chi connectivity index (χ3v) is 3.69. The van der Waals surface area contributed by atoms with Crippen LogP contribution in [0.2, 0.25) is 0 Å². The van der Waals surface area contributed by atoms with Gasteiger partial charge in [-0.25, -0.2) is 4.79 Å². The van der Waals surface area contributed by atoms with E-state index in [1.54, 1.807) is 6.07 Å². The van der Waals surface area contributed by atoms with Gasteiger partial charge in [0.15, 0.2) is 5.58 Å². The Morgan fingerprint density at radius 3 is 2.90 bits per heavy atom. The number of hydrogen-bond acceptors (Lipinski definition) is 5. The Hall–Kier alpha value is -2.08. The van der Waals surface area contributed by atoms with E-state index in [0.717, 1.165) is 19.4 Å². The molecule has 1 fully saturated rings. The molecule has 1 aromatic heterocycles. The van der Waals surface area contributed by atoms with E-state index >= 15 is 0 Å². The van der Waals surface area contributed by atoms with Crippen LogP contribution in [0.4, 0.5) is 6.01 Å². The van der Waals surface area contributed by atoms with Crippen molar-refractivity contribution in [1.29, 1.82) is 0 Å². The summed E-state index contributed by atoms with van der Waals surface area (Å²) in [4.78, 5) is 17.2. The van der Waals surface area contributed by atoms with Crippen molar-refractivity contribution >= 4 is 23.1 Å². The smallest absolute Gasteiger partial charge is 0.335 e. The number of anilines is 1. The molecule has 6 heteroatoms. The molecule has 20 heavy (non-hydrogen) atoms. The first-order valence-electron chi connectivity index (χ1n) is 6.56. The van der Waals surface area contributed by atoms with Crippen molar-refractivity contribution in [2.24, 2.45) is 5.92 Å². The van der Waals surface area contributed by atoms with E-state index in [4.69, 9.17) is 9.52 Å². The van der Waals surface area contributed by atoms with Crippen LogP contribution in [-0.2, 0) is 0 Å². The quantitative estimate of drug-likeness (QED) is 0.884. The summed E-state index contributed by atoms with van der Waals surface area (Å²) in [6.45, 7) is 0.773. The fourth-order valence-corrected chi connectivity index (χ4v) is 2.52. The van der Waals surface area contributed by atoms with Gasteiger partial charge in [-0.15, -0.1) is 0 Å². The molecule has 0 saturated heterocycles. The van der Waals surface area contributed by atoms with E-state index in [-0.39, 0.29) is 11.7 Å². The SMILES string of the molecule is CN(CC1CC(O)C1)c1nc2ccc(C(=O)O)cc2o1. The van der Waals surface area contributed by atoms with Crippen molar-refractivity contribution in [2.75, 3.05) is 18.5 Å². The molecule has 106 valence electrons. The molecule has 0 bridgehead atoms. The summed E-state index contributed by atoms with van der Waals surface area (Å²) in [7, 11) is 1.88. The van der Waals surface area contributed by atoms with E-state index in [1.807, 2.05) is 11.9 Å². The summed E-state index contributed by atoms with van der Waals surface area (Å²) < 4.78 is 5.61. The van der Waals surface area contributed by atoms with Gasteiger partial charge in [0.05, 0.1) is 11.7 Å². The van der Waals surface area contributed by atoms with Crippen LogP contribution in [0.25, 0.3) is 11.1 Å². The van der Waals surface area contributed by atoms with Crippen LogP contribution in [-0.4, -0.2) is 40.9 Å². The number of aromatic carboxylic acids is 1. The van der Waals surface area contributed by atoms with Crippen molar-refractivity contribution in [3.05, 3.63) is 23.8 Å². The number of carboxylic acid groups (broad SMARTS) is 1. The number of carbonyl (C=O) groups is 1. The number of aliphatic hydroxyl groups is 1. The molecule has 0 aliphatic heterocycles. The number of aromatic nitrogens is 1. The topological polar surface area (TPSA) is 86.8 Å². The molecule has 1 heterocycles. The molecule has 0 unspecified atom stereocenters. The predicted octanol–water partition coefficient (Wildman–Crippen LogP) is 1.73. The van der Waals surface area contributed by atoms with Gasteiger partial charge in [0.25, 0.3) is 6.01 Å². The largest absolute Gasteiger partial charge is 0.478 e. The van der Waals surface area contributed by atoms with Crippen LogP contribution in [0.1, 0.15) is 23.2 Å². The minimum Gasteiger partial charge on any atom is -0.478 e.